The van der Waals surface area contributed by atoms with Gasteiger partial charge >= 0.3 is 0 Å². The molecule has 0 radical (unpaired) electrons. The summed E-state index contributed by atoms with van der Waals surface area (Å²) < 4.78 is 0. The van der Waals surface area contributed by atoms with Crippen molar-refractivity contribution in [2.24, 2.45) is 5.92 Å². The molecule has 0 unspecified atom stereocenters. The van der Waals surface area contributed by atoms with Crippen molar-refractivity contribution in [3.05, 3.63) is 0 Å². The van der Waals surface area contributed by atoms with E-state index in [2.05, 4.69) is 11.8 Å². The van der Waals surface area contributed by atoms with Crippen LogP contribution >= 0.6 is 0 Å². The molecule has 0 spiro atoms. The predicted molar refractivity (Wildman–Crippen MR) is 75.9 cm³/mol. The first-order chi connectivity index (χ1) is 9.11. The number of likely N-dealkylation sites (tertiary alicyclic amines) is 1. The van der Waals surface area contributed by atoms with Gasteiger partial charge in [-0.1, -0.05) is 6.92 Å². The Kier molecular flexibility index (Phi) is 5.22. The van der Waals surface area contributed by atoms with Crippen LogP contribution in [-0.2, 0) is 4.79 Å². The van der Waals surface area contributed by atoms with Crippen molar-refractivity contribution in [3.63, 3.8) is 0 Å². The quantitative estimate of drug-likeness (QED) is 0.840. The van der Waals surface area contributed by atoms with Gasteiger partial charge in [0.05, 0.1) is 13.2 Å². The Balaban J connectivity index is 1.82. The third-order valence-corrected chi connectivity index (χ3v) is 4.97. The van der Waals surface area contributed by atoms with Crippen LogP contribution in [0.1, 0.15) is 45.4 Å². The molecule has 0 bridgehead atoms. The Labute approximate surface area is 116 Å². The topological polar surface area (TPSA) is 43.8 Å². The first-order valence-electron chi connectivity index (χ1n) is 7.72. The minimum Gasteiger partial charge on any atom is -0.395 e. The molecule has 4 heteroatoms. The number of likely N-dealkylation sites (N-methyl/N-ethyl adjacent to an activating group) is 1. The van der Waals surface area contributed by atoms with E-state index in [9.17, 15) is 9.90 Å². The zero-order valence-electron chi connectivity index (χ0n) is 12.3. The Morgan fingerprint density at radius 1 is 1.26 bits per heavy atom. The van der Waals surface area contributed by atoms with Gasteiger partial charge in [0.25, 0.3) is 0 Å². The molecule has 1 atom stereocenters. The summed E-state index contributed by atoms with van der Waals surface area (Å²) in [5.74, 6) is 1.04. The summed E-state index contributed by atoms with van der Waals surface area (Å²) in [4.78, 5) is 16.4. The van der Waals surface area contributed by atoms with Crippen LogP contribution in [-0.4, -0.2) is 59.6 Å². The minimum atomic E-state index is 0.179. The number of hydrogen-bond donors (Lipinski definition) is 1. The molecule has 1 saturated carbocycles. The summed E-state index contributed by atoms with van der Waals surface area (Å²) in [7, 11) is 1.95. The standard InChI is InChI=1S/C15H28N2O2/c1-12-5-7-13(8-6-12)16(2)15(19)10-17-9-3-4-14(17)11-18/h12-14,18H,3-11H2,1-2H3/t12?,13?,14-/m0/s1. The smallest absolute Gasteiger partial charge is 0.236 e. The molecule has 1 saturated heterocycles. The fourth-order valence-corrected chi connectivity index (χ4v) is 3.43. The summed E-state index contributed by atoms with van der Waals surface area (Å²) in [5.41, 5.74) is 0. The average Bonchev–Trinajstić information content (AvgIpc) is 2.86. The van der Waals surface area contributed by atoms with Gasteiger partial charge in [-0.05, 0) is 51.0 Å². The largest absolute Gasteiger partial charge is 0.395 e. The number of hydrogen-bond acceptors (Lipinski definition) is 3. The van der Waals surface area contributed by atoms with Crippen molar-refractivity contribution < 1.29 is 9.90 Å². The number of nitrogens with zero attached hydrogens (tertiary/aromatic N) is 2. The third kappa shape index (κ3) is 3.69. The maximum Gasteiger partial charge on any atom is 0.236 e. The molecule has 2 aliphatic rings. The SMILES string of the molecule is CC1CCC(N(C)C(=O)CN2CCC[C@H]2CO)CC1. The molecule has 0 aromatic carbocycles. The van der Waals surface area contributed by atoms with Crippen molar-refractivity contribution in [1.82, 2.24) is 9.80 Å². The maximum absolute atomic E-state index is 12.3. The Bertz CT molecular complexity index is 301. The molecule has 1 heterocycles. The van der Waals surface area contributed by atoms with Gasteiger partial charge in [0.15, 0.2) is 0 Å². The van der Waals surface area contributed by atoms with Crippen LogP contribution in [0, 0.1) is 5.92 Å². The van der Waals surface area contributed by atoms with Crippen LogP contribution in [0.5, 0.6) is 0 Å². The molecule has 0 aromatic rings. The normalized spacial score (nSPS) is 32.5. The van der Waals surface area contributed by atoms with Gasteiger partial charge in [-0.2, -0.15) is 0 Å². The second kappa shape index (κ2) is 6.71. The highest BCUT2D eigenvalue weighted by atomic mass is 16.3. The molecule has 2 fully saturated rings. The average molecular weight is 268 g/mol. The van der Waals surface area contributed by atoms with Gasteiger partial charge < -0.3 is 10.0 Å². The number of aliphatic hydroxyl groups excluding tert-OH is 1. The number of amides is 1. The lowest BCUT2D eigenvalue weighted by molar-refractivity contribution is -0.134. The number of rotatable bonds is 4. The summed E-state index contributed by atoms with van der Waals surface area (Å²) >= 11 is 0. The van der Waals surface area contributed by atoms with Crippen LogP contribution in [0.2, 0.25) is 0 Å². The lowest BCUT2D eigenvalue weighted by Gasteiger charge is -2.35. The monoisotopic (exact) mass is 268 g/mol. The Hall–Kier alpha value is -0.610. The minimum absolute atomic E-state index is 0.179. The first-order valence-corrected chi connectivity index (χ1v) is 7.72. The Morgan fingerprint density at radius 3 is 2.58 bits per heavy atom. The first kappa shape index (κ1) is 14.8. The summed E-state index contributed by atoms with van der Waals surface area (Å²) in [5, 5.41) is 9.30. The van der Waals surface area contributed by atoms with Gasteiger partial charge in [0, 0.05) is 19.1 Å². The van der Waals surface area contributed by atoms with Crippen LogP contribution in [0.15, 0.2) is 0 Å². The van der Waals surface area contributed by atoms with E-state index in [1.807, 2.05) is 11.9 Å². The van der Waals surface area contributed by atoms with Crippen LogP contribution in [0.25, 0.3) is 0 Å². The molecule has 2 rings (SSSR count). The molecule has 4 nitrogen and oxygen atoms in total. The molecule has 19 heavy (non-hydrogen) atoms. The second-order valence-electron chi connectivity index (χ2n) is 6.37. The fourth-order valence-electron chi connectivity index (χ4n) is 3.43. The molecule has 110 valence electrons. The summed E-state index contributed by atoms with van der Waals surface area (Å²) in [6.45, 7) is 3.91. The number of aliphatic hydroxyl groups is 1. The second-order valence-corrected chi connectivity index (χ2v) is 6.37. The Morgan fingerprint density at radius 2 is 1.95 bits per heavy atom. The maximum atomic E-state index is 12.3. The molecule has 0 aromatic heterocycles. The van der Waals surface area contributed by atoms with E-state index in [4.69, 9.17) is 0 Å². The van der Waals surface area contributed by atoms with E-state index >= 15 is 0 Å². The van der Waals surface area contributed by atoms with E-state index in [1.54, 1.807) is 0 Å². The van der Waals surface area contributed by atoms with E-state index in [-0.39, 0.29) is 18.6 Å². The number of carbonyl (C=O) groups excluding carboxylic acids is 1. The van der Waals surface area contributed by atoms with Gasteiger partial charge in [-0.3, -0.25) is 9.69 Å². The van der Waals surface area contributed by atoms with Crippen molar-refractivity contribution in [1.29, 1.82) is 0 Å². The molecular formula is C15H28N2O2. The van der Waals surface area contributed by atoms with Crippen molar-refractivity contribution >= 4 is 5.91 Å². The molecule has 1 amide bonds. The highest BCUT2D eigenvalue weighted by molar-refractivity contribution is 5.78. The van der Waals surface area contributed by atoms with Crippen molar-refractivity contribution in [3.8, 4) is 0 Å². The highest BCUT2D eigenvalue weighted by Gasteiger charge is 2.29. The van der Waals surface area contributed by atoms with Gasteiger partial charge in [0.1, 0.15) is 0 Å². The lowest BCUT2D eigenvalue weighted by atomic mass is 9.87. The zero-order valence-corrected chi connectivity index (χ0v) is 12.3. The zero-order chi connectivity index (χ0) is 13.8. The predicted octanol–water partition coefficient (Wildman–Crippen LogP) is 1.48. The summed E-state index contributed by atoms with van der Waals surface area (Å²) in [6.07, 6.45) is 6.90. The van der Waals surface area contributed by atoms with Crippen molar-refractivity contribution in [2.75, 3.05) is 26.7 Å². The fraction of sp³-hybridized carbons (Fsp3) is 0.933. The summed E-state index contributed by atoms with van der Waals surface area (Å²) in [6, 6.07) is 0.627. The molecular weight excluding hydrogens is 240 g/mol. The van der Waals surface area contributed by atoms with Crippen LogP contribution in [0.4, 0.5) is 0 Å². The van der Waals surface area contributed by atoms with E-state index < -0.39 is 0 Å². The number of carbonyl (C=O) groups is 1. The van der Waals surface area contributed by atoms with Crippen molar-refractivity contribution in [2.45, 2.75) is 57.5 Å². The van der Waals surface area contributed by atoms with Gasteiger partial charge in [-0.25, -0.2) is 0 Å². The highest BCUT2D eigenvalue weighted by Crippen LogP contribution is 2.26. The molecule has 1 aliphatic heterocycles. The molecule has 1 N–H and O–H groups in total. The van der Waals surface area contributed by atoms with Crippen LogP contribution < -0.4 is 0 Å². The lowest BCUT2D eigenvalue weighted by Crippen LogP contribution is -2.46. The van der Waals surface area contributed by atoms with Crippen LogP contribution in [0.3, 0.4) is 0 Å². The van der Waals surface area contributed by atoms with Gasteiger partial charge in [0.2, 0.25) is 5.91 Å². The molecule has 1 aliphatic carbocycles. The van der Waals surface area contributed by atoms with E-state index in [1.165, 1.54) is 12.8 Å². The van der Waals surface area contributed by atoms with E-state index in [0.29, 0.717) is 12.6 Å². The van der Waals surface area contributed by atoms with E-state index in [0.717, 1.165) is 38.1 Å². The third-order valence-electron chi connectivity index (χ3n) is 4.97. The van der Waals surface area contributed by atoms with Gasteiger partial charge in [-0.15, -0.1) is 0 Å².